The van der Waals surface area contributed by atoms with Gasteiger partial charge in [-0.25, -0.2) is 0 Å². The summed E-state index contributed by atoms with van der Waals surface area (Å²) in [6, 6.07) is 10.7. The summed E-state index contributed by atoms with van der Waals surface area (Å²) in [4.78, 5) is 4.75. The Hall–Kier alpha value is -1.37. The van der Waals surface area contributed by atoms with E-state index in [1.807, 2.05) is 6.07 Å². The van der Waals surface area contributed by atoms with E-state index in [-0.39, 0.29) is 11.5 Å². The number of hydrogen-bond acceptors (Lipinski definition) is 1. The Kier molecular flexibility index (Phi) is 7.06. The fraction of sp³-hybridized carbons (Fsp3) is 0.571. The highest BCUT2D eigenvalue weighted by atomic mass is 14.8. The lowest BCUT2D eigenvalue weighted by molar-refractivity contribution is 0.267. The van der Waals surface area contributed by atoms with E-state index in [9.17, 15) is 0 Å². The summed E-state index contributed by atoms with van der Waals surface area (Å²) in [5.41, 5.74) is 4.25. The second-order valence-electron chi connectivity index (χ2n) is 7.08. The standard InChI is InChI=1S/C21H33N/c1-8-12-17(3)21(6,7)18(4)16(2)15-22-19(5)20-13-10-9-11-14-20/h9-11,13-15,17,19H,8,12H2,1-7H3/b18-16+,22-15-/t17-,19+/m0/s1. The van der Waals surface area contributed by atoms with Crippen molar-refractivity contribution < 1.29 is 0 Å². The van der Waals surface area contributed by atoms with Crippen molar-refractivity contribution in [2.24, 2.45) is 16.3 Å². The highest BCUT2D eigenvalue weighted by Crippen LogP contribution is 2.38. The summed E-state index contributed by atoms with van der Waals surface area (Å²) in [6.07, 6.45) is 4.58. The molecule has 0 saturated heterocycles. The molecule has 0 aliphatic carbocycles. The third kappa shape index (κ3) is 4.83. The Labute approximate surface area is 137 Å². The second-order valence-corrected chi connectivity index (χ2v) is 7.08. The minimum Gasteiger partial charge on any atom is -0.285 e. The molecule has 1 aromatic rings. The average molecular weight is 300 g/mol. The molecule has 0 N–H and O–H groups in total. The van der Waals surface area contributed by atoms with E-state index in [2.05, 4.69) is 78.9 Å². The van der Waals surface area contributed by atoms with Gasteiger partial charge in [0.15, 0.2) is 0 Å². The van der Waals surface area contributed by atoms with Crippen LogP contribution in [-0.2, 0) is 0 Å². The molecule has 1 rings (SSSR count). The van der Waals surface area contributed by atoms with Crippen molar-refractivity contribution in [3.05, 3.63) is 47.0 Å². The lowest BCUT2D eigenvalue weighted by Crippen LogP contribution is -2.24. The molecule has 1 nitrogen and oxygen atoms in total. The van der Waals surface area contributed by atoms with Gasteiger partial charge >= 0.3 is 0 Å². The first-order chi connectivity index (χ1) is 10.3. The monoisotopic (exact) mass is 299 g/mol. The number of hydrogen-bond donors (Lipinski definition) is 0. The molecule has 0 amide bonds. The fourth-order valence-corrected chi connectivity index (χ4v) is 2.81. The maximum atomic E-state index is 4.75. The van der Waals surface area contributed by atoms with Crippen molar-refractivity contribution in [1.82, 2.24) is 0 Å². The zero-order valence-corrected chi connectivity index (χ0v) is 15.5. The third-order valence-electron chi connectivity index (χ3n) is 5.29. The van der Waals surface area contributed by atoms with Crippen LogP contribution in [0.2, 0.25) is 0 Å². The topological polar surface area (TPSA) is 12.4 Å². The van der Waals surface area contributed by atoms with Gasteiger partial charge in [-0.2, -0.15) is 0 Å². The van der Waals surface area contributed by atoms with Crippen LogP contribution in [0.4, 0.5) is 0 Å². The van der Waals surface area contributed by atoms with Gasteiger partial charge in [0.05, 0.1) is 6.04 Å². The summed E-state index contributed by atoms with van der Waals surface area (Å²) in [7, 11) is 0. The van der Waals surface area contributed by atoms with Crippen LogP contribution in [0.25, 0.3) is 0 Å². The largest absolute Gasteiger partial charge is 0.285 e. The summed E-state index contributed by atoms with van der Waals surface area (Å²) in [5, 5.41) is 0. The van der Waals surface area contributed by atoms with Gasteiger partial charge in [0.25, 0.3) is 0 Å². The SMILES string of the molecule is CCC[C@H](C)C(C)(C)/C(C)=C(C)/C=N\[C@H](C)c1ccccc1. The molecular weight excluding hydrogens is 266 g/mol. The van der Waals surface area contributed by atoms with E-state index in [0.717, 1.165) is 0 Å². The maximum Gasteiger partial charge on any atom is 0.0720 e. The number of benzene rings is 1. The first-order valence-corrected chi connectivity index (χ1v) is 8.56. The van der Waals surface area contributed by atoms with E-state index >= 15 is 0 Å². The number of allylic oxidation sites excluding steroid dienone is 2. The van der Waals surface area contributed by atoms with E-state index in [4.69, 9.17) is 4.99 Å². The molecule has 0 bridgehead atoms. The molecule has 0 heterocycles. The first kappa shape index (κ1) is 18.7. The average Bonchev–Trinajstić information content (AvgIpc) is 2.52. The second kappa shape index (κ2) is 8.31. The minimum atomic E-state index is 0.208. The zero-order valence-electron chi connectivity index (χ0n) is 15.5. The van der Waals surface area contributed by atoms with Crippen molar-refractivity contribution in [3.63, 3.8) is 0 Å². The van der Waals surface area contributed by atoms with Crippen LogP contribution in [-0.4, -0.2) is 6.21 Å². The lowest BCUT2D eigenvalue weighted by Gasteiger charge is -2.34. The molecule has 0 spiro atoms. The van der Waals surface area contributed by atoms with Crippen LogP contribution in [0.5, 0.6) is 0 Å². The van der Waals surface area contributed by atoms with Gasteiger partial charge < -0.3 is 0 Å². The molecule has 1 aromatic carbocycles. The summed E-state index contributed by atoms with van der Waals surface area (Å²) >= 11 is 0. The highest BCUT2D eigenvalue weighted by molar-refractivity contribution is 5.79. The molecule has 0 aliphatic heterocycles. The van der Waals surface area contributed by atoms with Crippen molar-refractivity contribution in [1.29, 1.82) is 0 Å². The molecule has 0 saturated carbocycles. The van der Waals surface area contributed by atoms with Gasteiger partial charge in [-0.05, 0) is 43.2 Å². The zero-order chi connectivity index (χ0) is 16.8. The summed E-state index contributed by atoms with van der Waals surface area (Å²) in [6.45, 7) is 16.0. The molecule has 0 fully saturated rings. The quantitative estimate of drug-likeness (QED) is 0.502. The molecule has 0 unspecified atom stereocenters. The Morgan fingerprint density at radius 1 is 1.14 bits per heavy atom. The van der Waals surface area contributed by atoms with Crippen LogP contribution < -0.4 is 0 Å². The van der Waals surface area contributed by atoms with Gasteiger partial charge in [0.1, 0.15) is 0 Å². The molecule has 2 atom stereocenters. The molecule has 0 aromatic heterocycles. The van der Waals surface area contributed by atoms with Gasteiger partial charge in [-0.15, -0.1) is 0 Å². The predicted molar refractivity (Wildman–Crippen MR) is 99.6 cm³/mol. The molecule has 1 heteroatoms. The summed E-state index contributed by atoms with van der Waals surface area (Å²) in [5.74, 6) is 0.687. The van der Waals surface area contributed by atoms with Crippen LogP contribution in [0.3, 0.4) is 0 Å². The van der Waals surface area contributed by atoms with E-state index in [1.54, 1.807) is 0 Å². The smallest absolute Gasteiger partial charge is 0.0720 e. The number of rotatable bonds is 7. The van der Waals surface area contributed by atoms with E-state index in [0.29, 0.717) is 5.92 Å². The minimum absolute atomic E-state index is 0.208. The van der Waals surface area contributed by atoms with Crippen molar-refractivity contribution in [2.75, 3.05) is 0 Å². The van der Waals surface area contributed by atoms with E-state index in [1.165, 1.54) is 29.6 Å². The third-order valence-corrected chi connectivity index (χ3v) is 5.29. The maximum absolute atomic E-state index is 4.75. The fourth-order valence-electron chi connectivity index (χ4n) is 2.81. The van der Waals surface area contributed by atoms with Crippen LogP contribution in [0.1, 0.15) is 72.9 Å². The van der Waals surface area contributed by atoms with Crippen LogP contribution in [0, 0.1) is 11.3 Å². The Balaban J connectivity index is 2.88. The van der Waals surface area contributed by atoms with Crippen molar-refractivity contribution >= 4 is 6.21 Å². The van der Waals surface area contributed by atoms with Gasteiger partial charge in [-0.1, -0.05) is 76.4 Å². The van der Waals surface area contributed by atoms with Gasteiger partial charge in [0, 0.05) is 6.21 Å². The summed E-state index contributed by atoms with van der Waals surface area (Å²) < 4.78 is 0. The first-order valence-electron chi connectivity index (χ1n) is 8.56. The normalized spacial score (nSPS) is 16.5. The highest BCUT2D eigenvalue weighted by Gasteiger charge is 2.27. The van der Waals surface area contributed by atoms with Crippen LogP contribution >= 0.6 is 0 Å². The Morgan fingerprint density at radius 3 is 2.27 bits per heavy atom. The lowest BCUT2D eigenvalue weighted by atomic mass is 9.71. The number of nitrogens with zero attached hydrogens (tertiary/aromatic N) is 1. The number of aliphatic imine (C=N–C) groups is 1. The van der Waals surface area contributed by atoms with Crippen LogP contribution in [0.15, 0.2) is 46.5 Å². The van der Waals surface area contributed by atoms with Crippen molar-refractivity contribution in [3.8, 4) is 0 Å². The molecule has 0 aliphatic rings. The van der Waals surface area contributed by atoms with Crippen molar-refractivity contribution in [2.45, 2.75) is 67.3 Å². The molecular formula is C21H33N. The Morgan fingerprint density at radius 2 is 1.73 bits per heavy atom. The van der Waals surface area contributed by atoms with Gasteiger partial charge in [0.2, 0.25) is 0 Å². The van der Waals surface area contributed by atoms with Gasteiger partial charge in [-0.3, -0.25) is 4.99 Å². The molecule has 22 heavy (non-hydrogen) atoms. The predicted octanol–water partition coefficient (Wildman–Crippen LogP) is 6.62. The van der Waals surface area contributed by atoms with E-state index < -0.39 is 0 Å². The Bertz CT molecular complexity index is 508. The molecule has 122 valence electrons. The molecule has 0 radical (unpaired) electrons.